The van der Waals surface area contributed by atoms with Gasteiger partial charge in [-0.2, -0.15) is 0 Å². The quantitative estimate of drug-likeness (QED) is 0.632. The zero-order valence-corrected chi connectivity index (χ0v) is 7.17. The lowest BCUT2D eigenvalue weighted by Crippen LogP contribution is -2.35. The maximum atomic E-state index is 13.5. The molecule has 4 atom stereocenters. The normalized spacial score (nSPS) is 51.5. The van der Waals surface area contributed by atoms with E-state index in [4.69, 9.17) is 9.84 Å². The van der Waals surface area contributed by atoms with Gasteiger partial charge in [-0.15, -0.1) is 0 Å². The summed E-state index contributed by atoms with van der Waals surface area (Å²) >= 11 is 0. The molecular formula is C8H15FO2. The topological polar surface area (TPSA) is 29.5 Å². The van der Waals surface area contributed by atoms with E-state index in [9.17, 15) is 4.39 Å². The van der Waals surface area contributed by atoms with E-state index in [-0.39, 0.29) is 12.0 Å². The summed E-state index contributed by atoms with van der Waals surface area (Å²) in [7, 11) is 0. The van der Waals surface area contributed by atoms with Crippen LogP contribution in [0.5, 0.6) is 0 Å². The molecule has 0 aromatic carbocycles. The van der Waals surface area contributed by atoms with Crippen molar-refractivity contribution in [2.75, 3.05) is 0 Å². The summed E-state index contributed by atoms with van der Waals surface area (Å²) in [4.78, 5) is 0. The largest absolute Gasteiger partial charge is 0.365 e. The lowest BCUT2D eigenvalue weighted by Gasteiger charge is -2.20. The number of rotatable bonds is 1. The van der Waals surface area contributed by atoms with Gasteiger partial charge in [0.05, 0.1) is 6.10 Å². The molecule has 1 fully saturated rings. The van der Waals surface area contributed by atoms with Crippen molar-refractivity contribution < 1.29 is 14.2 Å². The summed E-state index contributed by atoms with van der Waals surface area (Å²) in [5.74, 6) is -0.220. The van der Waals surface area contributed by atoms with Crippen LogP contribution in [0.4, 0.5) is 4.39 Å². The van der Waals surface area contributed by atoms with Gasteiger partial charge in [0.2, 0.25) is 0 Å². The standard InChI is InChI=1S/C8H15FO2/c1-4-6-5(2)8(3,9)7(10)11-6/h5-7,10H,4H2,1-3H3/t5-,6+,7+,8?/m0/s1. The van der Waals surface area contributed by atoms with E-state index in [2.05, 4.69) is 0 Å². The lowest BCUT2D eigenvalue weighted by molar-refractivity contribution is -0.138. The second kappa shape index (κ2) is 2.72. The van der Waals surface area contributed by atoms with Gasteiger partial charge in [-0.1, -0.05) is 13.8 Å². The molecule has 0 bridgehead atoms. The Labute approximate surface area is 66.4 Å². The van der Waals surface area contributed by atoms with Crippen molar-refractivity contribution in [2.24, 2.45) is 5.92 Å². The average Bonchev–Trinajstić information content (AvgIpc) is 2.14. The summed E-state index contributed by atoms with van der Waals surface area (Å²) < 4.78 is 18.5. The molecular weight excluding hydrogens is 147 g/mol. The predicted molar refractivity (Wildman–Crippen MR) is 39.8 cm³/mol. The van der Waals surface area contributed by atoms with Gasteiger partial charge >= 0.3 is 0 Å². The third-order valence-electron chi connectivity index (χ3n) is 2.64. The van der Waals surface area contributed by atoms with Crippen LogP contribution in [-0.4, -0.2) is 23.2 Å². The molecule has 1 unspecified atom stereocenters. The van der Waals surface area contributed by atoms with Gasteiger partial charge in [0.25, 0.3) is 0 Å². The van der Waals surface area contributed by atoms with Crippen molar-refractivity contribution in [1.29, 1.82) is 0 Å². The van der Waals surface area contributed by atoms with Crippen molar-refractivity contribution in [3.05, 3.63) is 0 Å². The molecule has 11 heavy (non-hydrogen) atoms. The molecule has 0 aromatic heterocycles. The highest BCUT2D eigenvalue weighted by Gasteiger charge is 2.50. The minimum absolute atomic E-state index is 0.139. The molecule has 0 spiro atoms. The van der Waals surface area contributed by atoms with E-state index in [0.29, 0.717) is 0 Å². The number of alkyl halides is 1. The Morgan fingerprint density at radius 2 is 2.18 bits per heavy atom. The van der Waals surface area contributed by atoms with Crippen molar-refractivity contribution in [3.63, 3.8) is 0 Å². The minimum Gasteiger partial charge on any atom is -0.365 e. The molecule has 2 nitrogen and oxygen atoms in total. The second-order valence-electron chi connectivity index (χ2n) is 3.38. The van der Waals surface area contributed by atoms with Crippen molar-refractivity contribution in [3.8, 4) is 0 Å². The van der Waals surface area contributed by atoms with Crippen molar-refractivity contribution in [1.82, 2.24) is 0 Å². The fraction of sp³-hybridized carbons (Fsp3) is 1.00. The number of halogens is 1. The fourth-order valence-corrected chi connectivity index (χ4v) is 1.45. The Morgan fingerprint density at radius 3 is 2.36 bits per heavy atom. The molecule has 0 aliphatic carbocycles. The molecule has 0 radical (unpaired) electrons. The van der Waals surface area contributed by atoms with Gasteiger partial charge in [-0.3, -0.25) is 0 Å². The molecule has 0 saturated carbocycles. The van der Waals surface area contributed by atoms with E-state index >= 15 is 0 Å². The SMILES string of the molecule is CC[C@H]1O[C@@H](O)C(C)(F)[C@H]1C. The first-order chi connectivity index (χ1) is 5.00. The molecule has 66 valence electrons. The third kappa shape index (κ3) is 1.27. The monoisotopic (exact) mass is 162 g/mol. The Kier molecular flexibility index (Phi) is 2.21. The third-order valence-corrected chi connectivity index (χ3v) is 2.64. The Bertz CT molecular complexity index is 147. The zero-order valence-electron chi connectivity index (χ0n) is 7.17. The summed E-state index contributed by atoms with van der Waals surface area (Å²) in [6, 6.07) is 0. The van der Waals surface area contributed by atoms with Crippen LogP contribution in [-0.2, 0) is 4.74 Å². The first-order valence-electron chi connectivity index (χ1n) is 4.02. The number of aliphatic hydroxyl groups is 1. The van der Waals surface area contributed by atoms with Crippen LogP contribution in [0.15, 0.2) is 0 Å². The van der Waals surface area contributed by atoms with Gasteiger partial charge in [0.1, 0.15) is 0 Å². The van der Waals surface area contributed by atoms with E-state index < -0.39 is 12.0 Å². The van der Waals surface area contributed by atoms with Crippen LogP contribution in [0, 0.1) is 5.92 Å². The second-order valence-corrected chi connectivity index (χ2v) is 3.38. The first-order valence-corrected chi connectivity index (χ1v) is 4.02. The number of ether oxygens (including phenoxy) is 1. The average molecular weight is 162 g/mol. The van der Waals surface area contributed by atoms with Crippen LogP contribution in [0.3, 0.4) is 0 Å². The summed E-state index contributed by atoms with van der Waals surface area (Å²) in [6.45, 7) is 5.08. The zero-order chi connectivity index (χ0) is 8.65. The Balaban J connectivity index is 2.71. The van der Waals surface area contributed by atoms with E-state index in [0.717, 1.165) is 6.42 Å². The van der Waals surface area contributed by atoms with Crippen LogP contribution in [0.2, 0.25) is 0 Å². The summed E-state index contributed by atoms with van der Waals surface area (Å²) in [6.07, 6.45) is -0.639. The summed E-state index contributed by atoms with van der Waals surface area (Å²) in [5, 5.41) is 9.13. The van der Waals surface area contributed by atoms with Gasteiger partial charge in [-0.05, 0) is 13.3 Å². The first kappa shape index (κ1) is 8.94. The van der Waals surface area contributed by atoms with Crippen LogP contribution in [0.25, 0.3) is 0 Å². The lowest BCUT2D eigenvalue weighted by atomic mass is 9.89. The number of aliphatic hydroxyl groups excluding tert-OH is 1. The smallest absolute Gasteiger partial charge is 0.189 e. The molecule has 1 aliphatic heterocycles. The fourth-order valence-electron chi connectivity index (χ4n) is 1.45. The van der Waals surface area contributed by atoms with Crippen LogP contribution in [0.1, 0.15) is 27.2 Å². The van der Waals surface area contributed by atoms with Crippen molar-refractivity contribution >= 4 is 0 Å². The highest BCUT2D eigenvalue weighted by atomic mass is 19.1. The molecule has 1 N–H and O–H groups in total. The molecule has 1 heterocycles. The molecule has 1 aliphatic rings. The number of hydrogen-bond donors (Lipinski definition) is 1. The van der Waals surface area contributed by atoms with Gasteiger partial charge < -0.3 is 9.84 Å². The summed E-state index contributed by atoms with van der Waals surface area (Å²) in [5.41, 5.74) is -1.58. The van der Waals surface area contributed by atoms with E-state index in [1.807, 2.05) is 6.92 Å². The molecule has 3 heteroatoms. The Morgan fingerprint density at radius 1 is 1.64 bits per heavy atom. The maximum absolute atomic E-state index is 13.5. The van der Waals surface area contributed by atoms with Gasteiger partial charge in [-0.25, -0.2) is 4.39 Å². The molecule has 1 rings (SSSR count). The van der Waals surface area contributed by atoms with Gasteiger partial charge in [0.15, 0.2) is 12.0 Å². The molecule has 1 saturated heterocycles. The predicted octanol–water partition coefficient (Wildman–Crippen LogP) is 1.48. The van der Waals surface area contributed by atoms with E-state index in [1.54, 1.807) is 6.92 Å². The molecule has 0 amide bonds. The number of hydrogen-bond acceptors (Lipinski definition) is 2. The minimum atomic E-state index is -1.58. The molecule has 0 aromatic rings. The van der Waals surface area contributed by atoms with Crippen LogP contribution >= 0.6 is 0 Å². The highest BCUT2D eigenvalue weighted by Crippen LogP contribution is 2.38. The van der Waals surface area contributed by atoms with Crippen LogP contribution < -0.4 is 0 Å². The van der Waals surface area contributed by atoms with Gasteiger partial charge in [0, 0.05) is 5.92 Å². The van der Waals surface area contributed by atoms with Crippen molar-refractivity contribution in [2.45, 2.75) is 45.3 Å². The maximum Gasteiger partial charge on any atom is 0.189 e. The highest BCUT2D eigenvalue weighted by molar-refractivity contribution is 4.93. The Hall–Kier alpha value is -0.150. The van der Waals surface area contributed by atoms with E-state index in [1.165, 1.54) is 6.92 Å².